The Balaban J connectivity index is 1.87. The smallest absolute Gasteiger partial charge is 0.238 e. The van der Waals surface area contributed by atoms with Crippen molar-refractivity contribution < 1.29 is 4.79 Å². The molecule has 1 saturated heterocycles. The Kier molecular flexibility index (Phi) is 5.20. The summed E-state index contributed by atoms with van der Waals surface area (Å²) in [7, 11) is 0. The highest BCUT2D eigenvalue weighted by Crippen LogP contribution is 2.19. The normalized spacial score (nSPS) is 20.4. The molecule has 1 aromatic carbocycles. The molecule has 0 spiro atoms. The van der Waals surface area contributed by atoms with Crippen molar-refractivity contribution in [3.63, 3.8) is 0 Å². The number of nitrogens with two attached hydrogens (primary N) is 1. The van der Waals surface area contributed by atoms with E-state index < -0.39 is 0 Å². The molecule has 21 heavy (non-hydrogen) atoms. The lowest BCUT2D eigenvalue weighted by atomic mass is 10.2. The second-order valence-electron chi connectivity index (χ2n) is 5.85. The van der Waals surface area contributed by atoms with Crippen LogP contribution in [0.1, 0.15) is 19.4 Å². The molecule has 2 rings (SSSR count). The summed E-state index contributed by atoms with van der Waals surface area (Å²) >= 11 is 0. The van der Waals surface area contributed by atoms with Gasteiger partial charge in [-0.15, -0.1) is 0 Å². The fourth-order valence-corrected chi connectivity index (χ4v) is 2.87. The molecule has 0 saturated carbocycles. The second-order valence-corrected chi connectivity index (χ2v) is 5.85. The maximum atomic E-state index is 12.2. The molecule has 1 atom stereocenters. The van der Waals surface area contributed by atoms with Crippen LogP contribution < -0.4 is 11.1 Å². The number of rotatable bonds is 4. The van der Waals surface area contributed by atoms with Gasteiger partial charge >= 0.3 is 0 Å². The summed E-state index contributed by atoms with van der Waals surface area (Å²) in [6.45, 7) is 10.8. The summed E-state index contributed by atoms with van der Waals surface area (Å²) in [5.41, 5.74) is 8.34. The molecular formula is C16H26N4O. The average molecular weight is 290 g/mol. The van der Waals surface area contributed by atoms with Gasteiger partial charge in [-0.3, -0.25) is 14.6 Å². The van der Waals surface area contributed by atoms with Crippen molar-refractivity contribution in [2.75, 3.05) is 43.8 Å². The first-order chi connectivity index (χ1) is 9.99. The van der Waals surface area contributed by atoms with Crippen LogP contribution in [0.4, 0.5) is 11.4 Å². The van der Waals surface area contributed by atoms with Crippen molar-refractivity contribution in [1.82, 2.24) is 9.80 Å². The van der Waals surface area contributed by atoms with E-state index in [1.807, 2.05) is 25.1 Å². The molecule has 1 unspecified atom stereocenters. The highest BCUT2D eigenvalue weighted by Gasteiger charge is 2.23. The van der Waals surface area contributed by atoms with Gasteiger partial charge in [0.25, 0.3) is 0 Å². The number of carbonyl (C=O) groups is 1. The molecule has 0 aromatic heterocycles. The quantitative estimate of drug-likeness (QED) is 0.826. The Morgan fingerprint density at radius 3 is 2.81 bits per heavy atom. The van der Waals surface area contributed by atoms with E-state index in [0.29, 0.717) is 24.0 Å². The number of amides is 1. The molecule has 1 heterocycles. The van der Waals surface area contributed by atoms with Crippen LogP contribution in [0.3, 0.4) is 0 Å². The van der Waals surface area contributed by atoms with Crippen LogP contribution in [0.5, 0.6) is 0 Å². The second kappa shape index (κ2) is 6.91. The minimum atomic E-state index is 0.00250. The molecule has 1 aliphatic rings. The highest BCUT2D eigenvalue weighted by atomic mass is 16.2. The number of hydrogen-bond acceptors (Lipinski definition) is 4. The van der Waals surface area contributed by atoms with Gasteiger partial charge in [-0.1, -0.05) is 13.0 Å². The zero-order valence-electron chi connectivity index (χ0n) is 13.2. The van der Waals surface area contributed by atoms with E-state index in [4.69, 9.17) is 5.73 Å². The van der Waals surface area contributed by atoms with Gasteiger partial charge in [-0.2, -0.15) is 0 Å². The van der Waals surface area contributed by atoms with Crippen molar-refractivity contribution in [3.8, 4) is 0 Å². The molecule has 3 N–H and O–H groups in total. The number of carbonyl (C=O) groups excluding carboxylic acids is 1. The van der Waals surface area contributed by atoms with Gasteiger partial charge in [-0.25, -0.2) is 0 Å². The van der Waals surface area contributed by atoms with Crippen LogP contribution in [0.25, 0.3) is 0 Å². The topological polar surface area (TPSA) is 61.6 Å². The molecule has 116 valence electrons. The van der Waals surface area contributed by atoms with E-state index in [1.54, 1.807) is 0 Å². The van der Waals surface area contributed by atoms with Crippen molar-refractivity contribution in [2.45, 2.75) is 26.8 Å². The maximum absolute atomic E-state index is 12.2. The van der Waals surface area contributed by atoms with E-state index in [9.17, 15) is 4.79 Å². The van der Waals surface area contributed by atoms with Crippen LogP contribution >= 0.6 is 0 Å². The van der Waals surface area contributed by atoms with Crippen LogP contribution in [-0.4, -0.2) is 54.5 Å². The Labute approximate surface area is 127 Å². The van der Waals surface area contributed by atoms with Gasteiger partial charge < -0.3 is 11.1 Å². The number of benzene rings is 1. The predicted molar refractivity (Wildman–Crippen MR) is 87.4 cm³/mol. The maximum Gasteiger partial charge on any atom is 0.238 e. The molecule has 5 heteroatoms. The monoisotopic (exact) mass is 290 g/mol. The summed E-state index contributed by atoms with van der Waals surface area (Å²) in [5, 5.41) is 2.91. The Bertz CT molecular complexity index is 503. The number of piperazine rings is 1. The number of hydrogen-bond donors (Lipinski definition) is 2. The zero-order chi connectivity index (χ0) is 15.4. The number of anilines is 2. The first-order valence-corrected chi connectivity index (χ1v) is 7.62. The third-order valence-electron chi connectivity index (χ3n) is 4.10. The molecule has 1 amide bonds. The number of nitrogens with one attached hydrogen (secondary N) is 1. The summed E-state index contributed by atoms with van der Waals surface area (Å²) in [4.78, 5) is 16.8. The molecule has 0 aliphatic carbocycles. The molecular weight excluding hydrogens is 264 g/mol. The van der Waals surface area contributed by atoms with E-state index in [2.05, 4.69) is 29.0 Å². The van der Waals surface area contributed by atoms with Crippen LogP contribution in [0.15, 0.2) is 18.2 Å². The van der Waals surface area contributed by atoms with Gasteiger partial charge in [0.15, 0.2) is 0 Å². The third kappa shape index (κ3) is 4.19. The van der Waals surface area contributed by atoms with Crippen molar-refractivity contribution in [2.24, 2.45) is 0 Å². The van der Waals surface area contributed by atoms with Gasteiger partial charge in [0.2, 0.25) is 5.91 Å². The van der Waals surface area contributed by atoms with Gasteiger partial charge in [0.1, 0.15) is 0 Å². The fraction of sp³-hybridized carbons (Fsp3) is 0.562. The lowest BCUT2D eigenvalue weighted by Gasteiger charge is -2.38. The van der Waals surface area contributed by atoms with Crippen molar-refractivity contribution >= 4 is 17.3 Å². The number of nitrogen functional groups attached to an aromatic ring is 1. The first-order valence-electron chi connectivity index (χ1n) is 7.62. The Hall–Kier alpha value is -1.59. The number of aryl methyl sites for hydroxylation is 1. The lowest BCUT2D eigenvalue weighted by Crippen LogP contribution is -2.53. The standard InChI is InChI=1S/C16H26N4O/c1-4-20-8-7-19(10-13(20)3)11-16(21)18-15-6-5-12(2)9-14(15)17/h5-6,9,13H,4,7-8,10-11,17H2,1-3H3,(H,18,21). The molecule has 0 radical (unpaired) electrons. The Morgan fingerprint density at radius 1 is 1.43 bits per heavy atom. The largest absolute Gasteiger partial charge is 0.397 e. The lowest BCUT2D eigenvalue weighted by molar-refractivity contribution is -0.118. The predicted octanol–water partition coefficient (Wildman–Crippen LogP) is 1.54. The third-order valence-corrected chi connectivity index (χ3v) is 4.10. The Morgan fingerprint density at radius 2 is 2.19 bits per heavy atom. The molecule has 1 aliphatic heterocycles. The SMILES string of the molecule is CCN1CCN(CC(=O)Nc2ccc(C)cc2N)CC1C. The van der Waals surface area contributed by atoms with Gasteiger partial charge in [0, 0.05) is 25.7 Å². The summed E-state index contributed by atoms with van der Waals surface area (Å²) in [6, 6.07) is 6.19. The van der Waals surface area contributed by atoms with E-state index in [-0.39, 0.29) is 5.91 Å². The molecule has 0 bridgehead atoms. The molecule has 5 nitrogen and oxygen atoms in total. The van der Waals surface area contributed by atoms with Gasteiger partial charge in [-0.05, 0) is 38.1 Å². The minimum Gasteiger partial charge on any atom is -0.397 e. The minimum absolute atomic E-state index is 0.00250. The van der Waals surface area contributed by atoms with Crippen LogP contribution in [0, 0.1) is 6.92 Å². The van der Waals surface area contributed by atoms with Crippen LogP contribution in [-0.2, 0) is 4.79 Å². The van der Waals surface area contributed by atoms with Crippen LogP contribution in [0.2, 0.25) is 0 Å². The summed E-state index contributed by atoms with van der Waals surface area (Å²) < 4.78 is 0. The molecule has 1 fully saturated rings. The highest BCUT2D eigenvalue weighted by molar-refractivity contribution is 5.95. The van der Waals surface area contributed by atoms with Gasteiger partial charge in [0.05, 0.1) is 17.9 Å². The zero-order valence-corrected chi connectivity index (χ0v) is 13.2. The van der Waals surface area contributed by atoms with E-state index in [1.165, 1.54) is 0 Å². The average Bonchev–Trinajstić information content (AvgIpc) is 2.42. The number of likely N-dealkylation sites (N-methyl/N-ethyl adjacent to an activating group) is 1. The number of nitrogens with zero attached hydrogens (tertiary/aromatic N) is 2. The summed E-state index contributed by atoms with van der Waals surface area (Å²) in [5.74, 6) is 0.00250. The van der Waals surface area contributed by atoms with Crippen molar-refractivity contribution in [1.29, 1.82) is 0 Å². The molecule has 1 aromatic rings. The summed E-state index contributed by atoms with van der Waals surface area (Å²) in [6.07, 6.45) is 0. The van der Waals surface area contributed by atoms with E-state index in [0.717, 1.165) is 31.7 Å². The fourth-order valence-electron chi connectivity index (χ4n) is 2.87. The first kappa shape index (κ1) is 15.8. The van der Waals surface area contributed by atoms with Crippen molar-refractivity contribution in [3.05, 3.63) is 23.8 Å². The van der Waals surface area contributed by atoms with E-state index >= 15 is 0 Å².